The Balaban J connectivity index is 1.91. The Morgan fingerprint density at radius 2 is 1.80 bits per heavy atom. The molecule has 0 bridgehead atoms. The van der Waals surface area contributed by atoms with Crippen molar-refractivity contribution < 1.29 is 8.42 Å². The van der Waals surface area contributed by atoms with Gasteiger partial charge in [-0.1, -0.05) is 0 Å². The summed E-state index contributed by atoms with van der Waals surface area (Å²) in [6, 6.07) is 0. The van der Waals surface area contributed by atoms with E-state index in [1.165, 1.54) is 6.42 Å². The van der Waals surface area contributed by atoms with E-state index in [0.29, 0.717) is 6.54 Å². The van der Waals surface area contributed by atoms with Crippen molar-refractivity contribution in [2.24, 2.45) is 0 Å². The second-order valence-corrected chi connectivity index (χ2v) is 5.49. The topological polar surface area (TPSA) is 40.6 Å². The summed E-state index contributed by atoms with van der Waals surface area (Å²) in [5.74, 6) is 0. The molecule has 1 unspecified atom stereocenters. The van der Waals surface area contributed by atoms with Crippen molar-refractivity contribution in [1.29, 1.82) is 0 Å². The van der Waals surface area contributed by atoms with Crippen molar-refractivity contribution in [3.8, 4) is 0 Å². The van der Waals surface area contributed by atoms with Crippen molar-refractivity contribution in [2.75, 3.05) is 32.7 Å². The molecular weight excluding hydrogens is 212 g/mol. The largest absolute Gasteiger partial charge is 0.301 e. The van der Waals surface area contributed by atoms with E-state index in [4.69, 9.17) is 0 Å². The van der Waals surface area contributed by atoms with Crippen LogP contribution in [0.25, 0.3) is 0 Å². The fraction of sp³-hybridized carbons (Fsp3) is 0.900. The van der Waals surface area contributed by atoms with Crippen molar-refractivity contribution in [3.05, 3.63) is 6.42 Å². The van der Waals surface area contributed by atoms with E-state index in [1.807, 2.05) is 0 Å². The third-order valence-corrected chi connectivity index (χ3v) is 4.25. The van der Waals surface area contributed by atoms with Gasteiger partial charge in [0.25, 0.3) is 0 Å². The lowest BCUT2D eigenvalue weighted by atomic mass is 10.1. The highest BCUT2D eigenvalue weighted by Crippen LogP contribution is 2.15. The molecule has 0 aliphatic carbocycles. The van der Waals surface area contributed by atoms with Crippen LogP contribution in [0.5, 0.6) is 0 Å². The van der Waals surface area contributed by atoms with E-state index < -0.39 is 10.7 Å². The molecule has 15 heavy (non-hydrogen) atoms. The lowest BCUT2D eigenvalue weighted by Crippen LogP contribution is -2.50. The molecule has 2 heterocycles. The quantitative estimate of drug-likeness (QED) is 0.688. The molecule has 1 radical (unpaired) electrons. The molecule has 4 nitrogen and oxygen atoms in total. The zero-order chi connectivity index (χ0) is 10.7. The van der Waals surface area contributed by atoms with Gasteiger partial charge in [0.1, 0.15) is 5.37 Å². The van der Waals surface area contributed by atoms with Gasteiger partial charge in [-0.25, -0.2) is 8.42 Å². The minimum absolute atomic E-state index is 0.256. The van der Waals surface area contributed by atoms with Crippen LogP contribution < -0.4 is 0 Å². The molecule has 2 fully saturated rings. The fourth-order valence-corrected chi connectivity index (χ4v) is 3.04. The average molecular weight is 231 g/mol. The second kappa shape index (κ2) is 5.27. The van der Waals surface area contributed by atoms with E-state index in [1.54, 1.807) is 0 Å². The monoisotopic (exact) mass is 231 g/mol. The molecule has 0 aromatic carbocycles. The average Bonchev–Trinajstić information content (AvgIpc) is 2.17. The van der Waals surface area contributed by atoms with Crippen LogP contribution >= 0.6 is 0 Å². The second-order valence-electron chi connectivity index (χ2n) is 4.32. The Hall–Kier alpha value is -0.130. The number of hydrogen-bond donors (Lipinski definition) is 1. The number of hydrogen-bond acceptors (Lipinski definition) is 4. The standard InChI is InChI=1S/C10H19N2O2S/c13-15(14)10(9-11-5-4-6-11)12-7-2-1-3-8-12/h1,10,15H,2-9H2. The lowest BCUT2D eigenvalue weighted by Gasteiger charge is -2.37. The minimum atomic E-state index is -2.32. The highest BCUT2D eigenvalue weighted by molar-refractivity contribution is 7.73. The van der Waals surface area contributed by atoms with Crippen LogP contribution in [0.4, 0.5) is 0 Å². The van der Waals surface area contributed by atoms with Gasteiger partial charge in [0.15, 0.2) is 10.7 Å². The molecule has 5 heteroatoms. The first kappa shape index (κ1) is 11.4. The Bertz CT molecular complexity index is 263. The smallest absolute Gasteiger partial charge is 0.157 e. The SMILES string of the molecule is O=[SH](=O)C(CN1CCC1)N1CC[CH]CC1. The van der Waals surface area contributed by atoms with Gasteiger partial charge in [-0.05, 0) is 51.9 Å². The Labute approximate surface area is 93.2 Å². The van der Waals surface area contributed by atoms with Gasteiger partial charge in [-0.2, -0.15) is 0 Å². The number of likely N-dealkylation sites (tertiary alicyclic amines) is 2. The van der Waals surface area contributed by atoms with Crippen molar-refractivity contribution in [3.63, 3.8) is 0 Å². The van der Waals surface area contributed by atoms with E-state index in [0.717, 1.165) is 39.0 Å². The summed E-state index contributed by atoms with van der Waals surface area (Å²) in [6.07, 6.45) is 5.52. The first-order chi connectivity index (χ1) is 7.27. The molecule has 0 aromatic heterocycles. The van der Waals surface area contributed by atoms with Crippen LogP contribution in [0.2, 0.25) is 0 Å². The van der Waals surface area contributed by atoms with Crippen LogP contribution in [0.3, 0.4) is 0 Å². The number of rotatable bonds is 4. The molecule has 0 aromatic rings. The summed E-state index contributed by atoms with van der Waals surface area (Å²) >= 11 is 0. The molecular formula is C10H19N2O2S. The molecule has 2 aliphatic heterocycles. The summed E-state index contributed by atoms with van der Waals surface area (Å²) in [4.78, 5) is 4.35. The van der Waals surface area contributed by atoms with Crippen LogP contribution in [-0.2, 0) is 10.7 Å². The van der Waals surface area contributed by atoms with Crippen LogP contribution in [0.15, 0.2) is 0 Å². The highest BCUT2D eigenvalue weighted by atomic mass is 32.2. The predicted octanol–water partition coefficient (Wildman–Crippen LogP) is -0.0703. The summed E-state index contributed by atoms with van der Waals surface area (Å²) in [7, 11) is -2.32. The zero-order valence-corrected chi connectivity index (χ0v) is 9.86. The summed E-state index contributed by atoms with van der Waals surface area (Å²) in [5, 5.41) is -0.256. The predicted molar refractivity (Wildman–Crippen MR) is 60.3 cm³/mol. The minimum Gasteiger partial charge on any atom is -0.301 e. The highest BCUT2D eigenvalue weighted by Gasteiger charge is 2.27. The molecule has 87 valence electrons. The van der Waals surface area contributed by atoms with Gasteiger partial charge in [0.2, 0.25) is 0 Å². The Morgan fingerprint density at radius 3 is 2.27 bits per heavy atom. The van der Waals surface area contributed by atoms with Gasteiger partial charge >= 0.3 is 0 Å². The number of piperidine rings is 1. The summed E-state index contributed by atoms with van der Waals surface area (Å²) < 4.78 is 22.5. The number of thiol groups is 1. The van der Waals surface area contributed by atoms with Crippen molar-refractivity contribution >= 4 is 10.7 Å². The summed E-state index contributed by atoms with van der Waals surface area (Å²) in [6.45, 7) is 4.65. The van der Waals surface area contributed by atoms with Gasteiger partial charge in [-0.15, -0.1) is 0 Å². The molecule has 1 atom stereocenters. The van der Waals surface area contributed by atoms with E-state index in [2.05, 4.69) is 16.2 Å². The molecule has 0 amide bonds. The first-order valence-corrected chi connectivity index (χ1v) is 6.93. The van der Waals surface area contributed by atoms with Gasteiger partial charge in [0.05, 0.1) is 0 Å². The van der Waals surface area contributed by atoms with Crippen molar-refractivity contribution in [1.82, 2.24) is 9.80 Å². The van der Waals surface area contributed by atoms with Gasteiger partial charge in [-0.3, -0.25) is 4.90 Å². The molecule has 0 saturated carbocycles. The van der Waals surface area contributed by atoms with E-state index >= 15 is 0 Å². The third kappa shape index (κ3) is 2.92. The maximum atomic E-state index is 11.2. The maximum Gasteiger partial charge on any atom is 0.157 e. The van der Waals surface area contributed by atoms with Crippen LogP contribution in [0.1, 0.15) is 19.3 Å². The molecule has 2 saturated heterocycles. The lowest BCUT2D eigenvalue weighted by molar-refractivity contribution is 0.128. The molecule has 2 aliphatic rings. The van der Waals surface area contributed by atoms with Gasteiger partial charge in [0, 0.05) is 6.54 Å². The zero-order valence-electron chi connectivity index (χ0n) is 8.97. The molecule has 0 spiro atoms. The third-order valence-electron chi connectivity index (χ3n) is 3.28. The van der Waals surface area contributed by atoms with Crippen LogP contribution in [0, 0.1) is 6.42 Å². The van der Waals surface area contributed by atoms with Crippen molar-refractivity contribution in [2.45, 2.75) is 24.6 Å². The molecule has 0 N–H and O–H groups in total. The fourth-order valence-electron chi connectivity index (χ4n) is 2.18. The normalized spacial score (nSPS) is 26.5. The Morgan fingerprint density at radius 1 is 1.13 bits per heavy atom. The van der Waals surface area contributed by atoms with E-state index in [9.17, 15) is 8.42 Å². The Kier molecular flexibility index (Phi) is 3.99. The van der Waals surface area contributed by atoms with Gasteiger partial charge < -0.3 is 4.90 Å². The number of nitrogens with zero attached hydrogens (tertiary/aromatic N) is 2. The maximum absolute atomic E-state index is 11.2. The molecule has 2 rings (SSSR count). The van der Waals surface area contributed by atoms with Crippen LogP contribution in [-0.4, -0.2) is 56.3 Å². The van der Waals surface area contributed by atoms with E-state index in [-0.39, 0.29) is 5.37 Å². The first-order valence-electron chi connectivity index (χ1n) is 5.69. The summed E-state index contributed by atoms with van der Waals surface area (Å²) in [5.41, 5.74) is 0.